The number of rotatable bonds is 4. The summed E-state index contributed by atoms with van der Waals surface area (Å²) in [6, 6.07) is 15.7. The van der Waals surface area contributed by atoms with Crippen LogP contribution in [0.2, 0.25) is 0 Å². The second-order valence-corrected chi connectivity index (χ2v) is 7.67. The van der Waals surface area contributed by atoms with Crippen LogP contribution in [0.3, 0.4) is 0 Å². The molecular formula is C22H19N3O2S. The van der Waals surface area contributed by atoms with Gasteiger partial charge in [-0.05, 0) is 31.5 Å². The van der Waals surface area contributed by atoms with Gasteiger partial charge in [0.15, 0.2) is 0 Å². The van der Waals surface area contributed by atoms with Crippen LogP contribution in [0.4, 0.5) is 11.5 Å². The zero-order valence-corrected chi connectivity index (χ0v) is 16.6. The van der Waals surface area contributed by atoms with Gasteiger partial charge in [0.1, 0.15) is 17.0 Å². The minimum Gasteiger partial charge on any atom is -0.465 e. The summed E-state index contributed by atoms with van der Waals surface area (Å²) in [4.78, 5) is 23.1. The van der Waals surface area contributed by atoms with Gasteiger partial charge in [0, 0.05) is 10.4 Å². The summed E-state index contributed by atoms with van der Waals surface area (Å²) in [6.45, 7) is 4.16. The summed E-state index contributed by atoms with van der Waals surface area (Å²) in [7, 11) is 1.37. The number of hydrogen-bond acceptors (Lipinski definition) is 6. The second-order valence-electron chi connectivity index (χ2n) is 6.46. The third-order valence-electron chi connectivity index (χ3n) is 4.59. The fraction of sp³-hybridized carbons (Fsp3) is 0.136. The zero-order valence-electron chi connectivity index (χ0n) is 15.8. The number of para-hydroxylation sites is 1. The highest BCUT2D eigenvalue weighted by Crippen LogP contribution is 2.41. The van der Waals surface area contributed by atoms with Gasteiger partial charge >= 0.3 is 5.97 Å². The topological polar surface area (TPSA) is 64.1 Å². The number of esters is 1. The molecule has 0 aliphatic carbocycles. The fourth-order valence-electron chi connectivity index (χ4n) is 3.21. The van der Waals surface area contributed by atoms with E-state index < -0.39 is 5.97 Å². The molecule has 0 bridgehead atoms. The summed E-state index contributed by atoms with van der Waals surface area (Å²) in [5, 5.41) is 4.27. The molecule has 140 valence electrons. The zero-order chi connectivity index (χ0) is 19.7. The lowest BCUT2D eigenvalue weighted by Gasteiger charge is -2.12. The lowest BCUT2D eigenvalue weighted by atomic mass is 10.0. The van der Waals surface area contributed by atoms with Gasteiger partial charge in [0.2, 0.25) is 0 Å². The van der Waals surface area contributed by atoms with Crippen molar-refractivity contribution in [3.63, 3.8) is 0 Å². The summed E-state index contributed by atoms with van der Waals surface area (Å²) in [5.74, 6) is 0.273. The Kier molecular flexibility index (Phi) is 4.79. The quantitative estimate of drug-likeness (QED) is 0.467. The molecular weight excluding hydrogens is 370 g/mol. The van der Waals surface area contributed by atoms with Gasteiger partial charge in [0.25, 0.3) is 0 Å². The van der Waals surface area contributed by atoms with E-state index in [0.717, 1.165) is 21.3 Å². The van der Waals surface area contributed by atoms with Gasteiger partial charge in [-0.15, -0.1) is 11.3 Å². The monoisotopic (exact) mass is 389 g/mol. The number of methoxy groups -OCH3 is 1. The maximum absolute atomic E-state index is 12.1. The molecule has 2 aromatic carbocycles. The second kappa shape index (κ2) is 7.40. The van der Waals surface area contributed by atoms with Crippen LogP contribution >= 0.6 is 11.3 Å². The average Bonchev–Trinajstić information content (AvgIpc) is 3.05. The Labute approximate surface area is 167 Å². The molecule has 0 fully saturated rings. The number of carbonyl (C=O) groups excluding carboxylic acids is 1. The molecule has 0 unspecified atom stereocenters. The first-order valence-corrected chi connectivity index (χ1v) is 9.65. The number of benzene rings is 2. The van der Waals surface area contributed by atoms with Crippen LogP contribution in [-0.4, -0.2) is 23.0 Å². The Morgan fingerprint density at radius 1 is 1.04 bits per heavy atom. The molecule has 0 amide bonds. The number of aryl methyl sites for hydroxylation is 2. The molecule has 2 aromatic heterocycles. The molecule has 0 aliphatic heterocycles. The smallest absolute Gasteiger partial charge is 0.339 e. The number of nitrogens with zero attached hydrogens (tertiary/aromatic N) is 2. The molecule has 0 saturated heterocycles. The van der Waals surface area contributed by atoms with Crippen molar-refractivity contribution >= 4 is 39.0 Å². The van der Waals surface area contributed by atoms with Crippen molar-refractivity contribution in [3.8, 4) is 11.1 Å². The van der Waals surface area contributed by atoms with E-state index in [1.165, 1.54) is 17.6 Å². The van der Waals surface area contributed by atoms with Crippen molar-refractivity contribution < 1.29 is 9.53 Å². The number of nitrogens with one attached hydrogen (secondary N) is 1. The highest BCUT2D eigenvalue weighted by Gasteiger charge is 2.18. The SMILES string of the molecule is COC(=O)c1ccccc1Nc1ncnc2sc(C)c(-c3ccc(C)cc3)c12. The Morgan fingerprint density at radius 3 is 2.54 bits per heavy atom. The van der Waals surface area contributed by atoms with Crippen molar-refractivity contribution in [2.45, 2.75) is 13.8 Å². The molecule has 28 heavy (non-hydrogen) atoms. The lowest BCUT2D eigenvalue weighted by molar-refractivity contribution is 0.0602. The van der Waals surface area contributed by atoms with E-state index in [2.05, 4.69) is 53.4 Å². The minimum atomic E-state index is -0.395. The number of ether oxygens (including phenoxy) is 1. The highest BCUT2D eigenvalue weighted by molar-refractivity contribution is 7.19. The highest BCUT2D eigenvalue weighted by atomic mass is 32.1. The molecule has 1 N–H and O–H groups in total. The molecule has 0 aliphatic rings. The van der Waals surface area contributed by atoms with Crippen molar-refractivity contribution in [2.24, 2.45) is 0 Å². The van der Waals surface area contributed by atoms with Crippen molar-refractivity contribution in [1.29, 1.82) is 0 Å². The van der Waals surface area contributed by atoms with Crippen LogP contribution in [0, 0.1) is 13.8 Å². The van der Waals surface area contributed by atoms with Crippen LogP contribution in [0.25, 0.3) is 21.3 Å². The molecule has 4 aromatic rings. The van der Waals surface area contributed by atoms with Crippen molar-refractivity contribution in [3.05, 3.63) is 70.9 Å². The van der Waals surface area contributed by atoms with Crippen LogP contribution in [0.15, 0.2) is 54.9 Å². The molecule has 0 radical (unpaired) electrons. The van der Waals surface area contributed by atoms with Crippen LogP contribution in [0.1, 0.15) is 20.8 Å². The normalized spacial score (nSPS) is 10.8. The van der Waals surface area contributed by atoms with Gasteiger partial charge in [0.05, 0.1) is 23.7 Å². The Bertz CT molecular complexity index is 1170. The molecule has 0 saturated carbocycles. The number of thiophene rings is 1. The molecule has 5 nitrogen and oxygen atoms in total. The van der Waals surface area contributed by atoms with Gasteiger partial charge in [-0.3, -0.25) is 0 Å². The van der Waals surface area contributed by atoms with E-state index in [0.29, 0.717) is 17.1 Å². The number of aromatic nitrogens is 2. The molecule has 0 atom stereocenters. The molecule has 2 heterocycles. The van der Waals surface area contributed by atoms with Gasteiger partial charge in [-0.1, -0.05) is 42.0 Å². The molecule has 4 rings (SSSR count). The van der Waals surface area contributed by atoms with E-state index in [4.69, 9.17) is 4.74 Å². The van der Waals surface area contributed by atoms with E-state index in [-0.39, 0.29) is 0 Å². The van der Waals surface area contributed by atoms with Crippen LogP contribution in [0.5, 0.6) is 0 Å². The number of anilines is 2. The lowest BCUT2D eigenvalue weighted by Crippen LogP contribution is -2.06. The first kappa shape index (κ1) is 18.1. The number of fused-ring (bicyclic) bond motifs is 1. The van der Waals surface area contributed by atoms with Gasteiger partial charge < -0.3 is 10.1 Å². The van der Waals surface area contributed by atoms with Crippen LogP contribution in [-0.2, 0) is 4.74 Å². The first-order valence-electron chi connectivity index (χ1n) is 8.84. The average molecular weight is 389 g/mol. The van der Waals surface area contributed by atoms with Crippen LogP contribution < -0.4 is 5.32 Å². The number of carbonyl (C=O) groups is 1. The minimum absolute atomic E-state index is 0.395. The van der Waals surface area contributed by atoms with E-state index in [9.17, 15) is 4.79 Å². The summed E-state index contributed by atoms with van der Waals surface area (Å²) in [6.07, 6.45) is 1.54. The molecule has 6 heteroatoms. The van der Waals surface area contributed by atoms with E-state index in [1.54, 1.807) is 29.8 Å². The maximum Gasteiger partial charge on any atom is 0.339 e. The fourth-order valence-corrected chi connectivity index (χ4v) is 4.23. The van der Waals surface area contributed by atoms with E-state index in [1.807, 2.05) is 12.1 Å². The Morgan fingerprint density at radius 2 is 1.79 bits per heavy atom. The van der Waals surface area contributed by atoms with E-state index >= 15 is 0 Å². The summed E-state index contributed by atoms with van der Waals surface area (Å²) >= 11 is 1.63. The first-order chi connectivity index (χ1) is 13.6. The predicted molar refractivity (Wildman–Crippen MR) is 113 cm³/mol. The summed E-state index contributed by atoms with van der Waals surface area (Å²) in [5.41, 5.74) is 4.54. The Balaban J connectivity index is 1.88. The third kappa shape index (κ3) is 3.23. The van der Waals surface area contributed by atoms with Gasteiger partial charge in [-0.2, -0.15) is 0 Å². The van der Waals surface area contributed by atoms with Crippen molar-refractivity contribution in [2.75, 3.05) is 12.4 Å². The summed E-state index contributed by atoms with van der Waals surface area (Å²) < 4.78 is 4.90. The number of hydrogen-bond donors (Lipinski definition) is 1. The third-order valence-corrected chi connectivity index (χ3v) is 5.60. The Hall–Kier alpha value is -3.25. The standard InChI is InChI=1S/C22H19N3O2S/c1-13-8-10-15(11-9-13)18-14(2)28-21-19(18)20(23-12-24-21)25-17-7-5-4-6-16(17)22(26)27-3/h4-12H,1-3H3,(H,23,24,25). The van der Waals surface area contributed by atoms with Gasteiger partial charge in [-0.25, -0.2) is 14.8 Å². The van der Waals surface area contributed by atoms with Crippen molar-refractivity contribution in [1.82, 2.24) is 9.97 Å². The predicted octanol–water partition coefficient (Wildman–Crippen LogP) is 5.51. The maximum atomic E-state index is 12.1. The largest absolute Gasteiger partial charge is 0.465 e. The molecule has 0 spiro atoms.